The molecule has 0 amide bonds. The lowest BCUT2D eigenvalue weighted by molar-refractivity contribution is -0.135. The van der Waals surface area contributed by atoms with Crippen molar-refractivity contribution >= 4 is 11.7 Å². The molecule has 0 heterocycles. The van der Waals surface area contributed by atoms with Crippen LogP contribution in [-0.2, 0) is 16.0 Å². The normalized spacial score (nSPS) is 11.7. The van der Waals surface area contributed by atoms with E-state index < -0.39 is 5.97 Å². The van der Waals surface area contributed by atoms with Gasteiger partial charge < -0.3 is 14.8 Å². The molecule has 1 rings (SSSR count). The van der Waals surface area contributed by atoms with Gasteiger partial charge in [-0.25, -0.2) is 4.79 Å². The first kappa shape index (κ1) is 16.2. The monoisotopic (exact) mass is 278 g/mol. The summed E-state index contributed by atoms with van der Waals surface area (Å²) >= 11 is 0. The van der Waals surface area contributed by atoms with E-state index in [2.05, 4.69) is 10.1 Å². The Balaban J connectivity index is 2.67. The number of carbonyl (C=O) groups is 1. The number of benzene rings is 1. The Morgan fingerprint density at radius 3 is 2.45 bits per heavy atom. The van der Waals surface area contributed by atoms with Crippen LogP contribution in [0.2, 0.25) is 0 Å². The van der Waals surface area contributed by atoms with Gasteiger partial charge in [-0.05, 0) is 46.0 Å². The largest absolute Gasteiger partial charge is 0.461 e. The molecule has 0 aliphatic rings. The van der Waals surface area contributed by atoms with Gasteiger partial charge in [0.15, 0.2) is 5.71 Å². The second-order valence-corrected chi connectivity index (χ2v) is 4.77. The molecule has 0 spiro atoms. The van der Waals surface area contributed by atoms with Gasteiger partial charge in [0, 0.05) is 5.56 Å². The second-order valence-electron chi connectivity index (χ2n) is 4.77. The van der Waals surface area contributed by atoms with Gasteiger partial charge in [0.25, 0.3) is 0 Å². The summed E-state index contributed by atoms with van der Waals surface area (Å²) in [7, 11) is 4.10. The number of esters is 1. The van der Waals surface area contributed by atoms with Crippen molar-refractivity contribution in [3.63, 3.8) is 0 Å². The smallest absolute Gasteiger partial charge is 0.361 e. The van der Waals surface area contributed by atoms with Gasteiger partial charge >= 0.3 is 5.97 Å². The molecule has 20 heavy (non-hydrogen) atoms. The number of nitrogens with zero attached hydrogens (tertiary/aromatic N) is 2. The molecule has 0 aliphatic heterocycles. The summed E-state index contributed by atoms with van der Waals surface area (Å²) in [5.41, 5.74) is 1.69. The standard InChI is InChI=1S/C15H22N2O3/c1-4-20-15(18)14(16-19)13-9-7-12(8-10-13)6-5-11-17(2)3/h7-10,19H,4-6,11H2,1-3H3/b16-14+. The van der Waals surface area contributed by atoms with E-state index in [4.69, 9.17) is 9.94 Å². The van der Waals surface area contributed by atoms with Gasteiger partial charge in [-0.2, -0.15) is 0 Å². The van der Waals surface area contributed by atoms with Crippen LogP contribution in [0.25, 0.3) is 0 Å². The lowest BCUT2D eigenvalue weighted by Crippen LogP contribution is -2.18. The Morgan fingerprint density at radius 1 is 1.30 bits per heavy atom. The van der Waals surface area contributed by atoms with E-state index in [9.17, 15) is 4.79 Å². The molecule has 1 aromatic rings. The minimum Gasteiger partial charge on any atom is -0.461 e. The third kappa shape index (κ3) is 5.01. The van der Waals surface area contributed by atoms with Gasteiger partial charge in [0.2, 0.25) is 0 Å². The lowest BCUT2D eigenvalue weighted by atomic mass is 10.0. The molecule has 0 saturated heterocycles. The summed E-state index contributed by atoms with van der Waals surface area (Å²) < 4.78 is 4.84. The maximum atomic E-state index is 11.6. The van der Waals surface area contributed by atoms with E-state index in [0.717, 1.165) is 19.4 Å². The van der Waals surface area contributed by atoms with Gasteiger partial charge in [0.05, 0.1) is 6.61 Å². The number of carbonyl (C=O) groups excluding carboxylic acids is 1. The number of hydrogen-bond donors (Lipinski definition) is 1. The molecule has 1 aromatic carbocycles. The van der Waals surface area contributed by atoms with Crippen LogP contribution in [0.1, 0.15) is 24.5 Å². The number of ether oxygens (including phenoxy) is 1. The van der Waals surface area contributed by atoms with Crippen LogP contribution < -0.4 is 0 Å². The Hall–Kier alpha value is -1.88. The first-order chi connectivity index (χ1) is 9.58. The molecule has 0 bridgehead atoms. The van der Waals surface area contributed by atoms with E-state index in [0.29, 0.717) is 5.56 Å². The van der Waals surface area contributed by atoms with Gasteiger partial charge in [0.1, 0.15) is 0 Å². The molecule has 1 N–H and O–H groups in total. The predicted molar refractivity (Wildman–Crippen MR) is 78.3 cm³/mol. The highest BCUT2D eigenvalue weighted by atomic mass is 16.5. The fraction of sp³-hybridized carbons (Fsp3) is 0.467. The summed E-state index contributed by atoms with van der Waals surface area (Å²) in [6.45, 7) is 3.00. The predicted octanol–water partition coefficient (Wildman–Crippen LogP) is 1.92. The summed E-state index contributed by atoms with van der Waals surface area (Å²) in [4.78, 5) is 13.7. The van der Waals surface area contributed by atoms with Crippen molar-refractivity contribution in [3.8, 4) is 0 Å². The molecule has 0 saturated carbocycles. The maximum absolute atomic E-state index is 11.6. The first-order valence-electron chi connectivity index (χ1n) is 6.71. The van der Waals surface area contributed by atoms with Crippen molar-refractivity contribution in [2.24, 2.45) is 5.16 Å². The zero-order valence-corrected chi connectivity index (χ0v) is 12.3. The molecule has 0 atom stereocenters. The summed E-state index contributed by atoms with van der Waals surface area (Å²) in [5.74, 6) is -0.615. The first-order valence-corrected chi connectivity index (χ1v) is 6.71. The molecule has 5 heteroatoms. The van der Waals surface area contributed by atoms with Crippen molar-refractivity contribution in [2.75, 3.05) is 27.2 Å². The van der Waals surface area contributed by atoms with E-state index in [1.807, 2.05) is 26.2 Å². The van der Waals surface area contributed by atoms with E-state index >= 15 is 0 Å². The Kier molecular flexibility index (Phi) is 6.73. The van der Waals surface area contributed by atoms with E-state index in [-0.39, 0.29) is 12.3 Å². The van der Waals surface area contributed by atoms with E-state index in [1.165, 1.54) is 5.56 Å². The van der Waals surface area contributed by atoms with Crippen LogP contribution in [0.4, 0.5) is 0 Å². The van der Waals surface area contributed by atoms with Gasteiger partial charge in [-0.3, -0.25) is 0 Å². The molecule has 0 aromatic heterocycles. The Bertz CT molecular complexity index is 453. The Labute approximate surface area is 119 Å². The zero-order chi connectivity index (χ0) is 15.0. The third-order valence-electron chi connectivity index (χ3n) is 2.87. The highest BCUT2D eigenvalue weighted by Gasteiger charge is 2.15. The molecular weight excluding hydrogens is 256 g/mol. The summed E-state index contributed by atoms with van der Waals surface area (Å²) in [6, 6.07) is 7.43. The van der Waals surface area contributed by atoms with E-state index in [1.54, 1.807) is 19.1 Å². The van der Waals surface area contributed by atoms with Gasteiger partial charge in [-0.15, -0.1) is 0 Å². The maximum Gasteiger partial charge on any atom is 0.361 e. The van der Waals surface area contributed by atoms with Crippen LogP contribution in [0.3, 0.4) is 0 Å². The molecule has 0 fully saturated rings. The fourth-order valence-corrected chi connectivity index (χ4v) is 1.84. The molecular formula is C15H22N2O3. The van der Waals surface area contributed by atoms with Crippen LogP contribution in [0.5, 0.6) is 0 Å². The van der Waals surface area contributed by atoms with Gasteiger partial charge in [-0.1, -0.05) is 29.4 Å². The summed E-state index contributed by atoms with van der Waals surface area (Å²) in [5, 5.41) is 12.0. The van der Waals surface area contributed by atoms with Crippen molar-refractivity contribution in [3.05, 3.63) is 35.4 Å². The highest BCUT2D eigenvalue weighted by Crippen LogP contribution is 2.09. The molecule has 110 valence electrons. The number of rotatable bonds is 7. The topological polar surface area (TPSA) is 62.1 Å². The lowest BCUT2D eigenvalue weighted by Gasteiger charge is -2.09. The minimum absolute atomic E-state index is 0.0632. The second kappa shape index (κ2) is 8.32. The molecule has 0 unspecified atom stereocenters. The number of aryl methyl sites for hydroxylation is 1. The van der Waals surface area contributed by atoms with Crippen LogP contribution in [-0.4, -0.2) is 49.0 Å². The van der Waals surface area contributed by atoms with Crippen molar-refractivity contribution in [2.45, 2.75) is 19.8 Å². The van der Waals surface area contributed by atoms with Crippen molar-refractivity contribution in [1.82, 2.24) is 4.90 Å². The molecule has 0 aliphatic carbocycles. The average molecular weight is 278 g/mol. The molecule has 0 radical (unpaired) electrons. The van der Waals surface area contributed by atoms with Crippen LogP contribution in [0.15, 0.2) is 29.4 Å². The van der Waals surface area contributed by atoms with Crippen LogP contribution >= 0.6 is 0 Å². The third-order valence-corrected chi connectivity index (χ3v) is 2.87. The number of hydrogen-bond acceptors (Lipinski definition) is 5. The average Bonchev–Trinajstić information content (AvgIpc) is 2.41. The Morgan fingerprint density at radius 2 is 1.95 bits per heavy atom. The van der Waals surface area contributed by atoms with Crippen molar-refractivity contribution in [1.29, 1.82) is 0 Å². The quantitative estimate of drug-likeness (QED) is 0.358. The molecule has 5 nitrogen and oxygen atoms in total. The fourth-order valence-electron chi connectivity index (χ4n) is 1.84. The number of oxime groups is 1. The SMILES string of the molecule is CCOC(=O)/C(=N/O)c1ccc(CCCN(C)C)cc1. The zero-order valence-electron chi connectivity index (χ0n) is 12.3. The minimum atomic E-state index is -0.615. The van der Waals surface area contributed by atoms with Crippen LogP contribution in [0, 0.1) is 0 Å². The summed E-state index contributed by atoms with van der Waals surface area (Å²) in [6.07, 6.45) is 2.05. The van der Waals surface area contributed by atoms with Crippen molar-refractivity contribution < 1.29 is 14.7 Å². The highest BCUT2D eigenvalue weighted by molar-refractivity contribution is 6.43.